The molecule has 1 amide bonds. The van der Waals surface area contributed by atoms with E-state index in [0.717, 1.165) is 25.2 Å². The number of nitrogens with one attached hydrogen (secondary N) is 2. The Balaban J connectivity index is 1.42. The highest BCUT2D eigenvalue weighted by molar-refractivity contribution is 5.97. The maximum absolute atomic E-state index is 13.1. The molecule has 7 heteroatoms. The Morgan fingerprint density at radius 1 is 1.03 bits per heavy atom. The highest BCUT2D eigenvalue weighted by atomic mass is 16.2. The van der Waals surface area contributed by atoms with Gasteiger partial charge < -0.3 is 15.1 Å². The van der Waals surface area contributed by atoms with Gasteiger partial charge >= 0.3 is 0 Å². The van der Waals surface area contributed by atoms with Gasteiger partial charge in [-0.15, -0.1) is 10.2 Å². The first-order chi connectivity index (χ1) is 14.6. The van der Waals surface area contributed by atoms with E-state index in [9.17, 15) is 4.79 Å². The molecule has 3 aromatic rings. The second kappa shape index (κ2) is 8.57. The second-order valence-electron chi connectivity index (χ2n) is 7.69. The van der Waals surface area contributed by atoms with Crippen LogP contribution in [0.5, 0.6) is 0 Å². The standard InChI is InChI=1S/C23H28N6O/c1-4-18-8-10-19(11-9-18)24-22-21(25-27-26-22)23(30)29-14-12-28(13-15-29)20-7-5-6-16(2)17(20)3/h5-11H,4,12-15H2,1-3H3,(H2,24,25,26,27). The summed E-state index contributed by atoms with van der Waals surface area (Å²) in [6.07, 6.45) is 0.988. The first-order valence-corrected chi connectivity index (χ1v) is 10.4. The predicted octanol–water partition coefficient (Wildman–Crippen LogP) is 3.69. The number of aryl methyl sites for hydroxylation is 2. The normalized spacial score (nSPS) is 14.1. The van der Waals surface area contributed by atoms with Crippen LogP contribution in [0.2, 0.25) is 0 Å². The number of benzene rings is 2. The number of anilines is 3. The summed E-state index contributed by atoms with van der Waals surface area (Å²) in [5.41, 5.74) is 6.32. The number of aromatic amines is 1. The van der Waals surface area contributed by atoms with Crippen molar-refractivity contribution in [3.05, 3.63) is 64.8 Å². The number of carbonyl (C=O) groups is 1. The summed E-state index contributed by atoms with van der Waals surface area (Å²) in [6, 6.07) is 14.5. The minimum Gasteiger partial charge on any atom is -0.368 e. The van der Waals surface area contributed by atoms with E-state index in [1.807, 2.05) is 17.0 Å². The van der Waals surface area contributed by atoms with Gasteiger partial charge in [-0.1, -0.05) is 31.2 Å². The van der Waals surface area contributed by atoms with Crippen LogP contribution in [0, 0.1) is 13.8 Å². The summed E-state index contributed by atoms with van der Waals surface area (Å²) in [5.74, 6) is 0.359. The molecule has 7 nitrogen and oxygen atoms in total. The van der Waals surface area contributed by atoms with E-state index in [0.29, 0.717) is 24.6 Å². The van der Waals surface area contributed by atoms with Crippen molar-refractivity contribution in [2.75, 3.05) is 36.4 Å². The van der Waals surface area contributed by atoms with Crippen LogP contribution in [0.3, 0.4) is 0 Å². The number of aromatic nitrogens is 3. The van der Waals surface area contributed by atoms with Crippen LogP contribution in [-0.2, 0) is 6.42 Å². The quantitative estimate of drug-likeness (QED) is 0.678. The van der Waals surface area contributed by atoms with Crippen LogP contribution in [-0.4, -0.2) is 52.4 Å². The molecule has 1 fully saturated rings. The molecule has 2 heterocycles. The molecule has 0 bridgehead atoms. The van der Waals surface area contributed by atoms with E-state index in [1.54, 1.807) is 0 Å². The minimum absolute atomic E-state index is 0.1000. The molecule has 1 aliphatic heterocycles. The van der Waals surface area contributed by atoms with Crippen molar-refractivity contribution in [3.63, 3.8) is 0 Å². The Bertz CT molecular complexity index is 1020. The maximum atomic E-state index is 13.1. The zero-order chi connectivity index (χ0) is 21.1. The lowest BCUT2D eigenvalue weighted by Crippen LogP contribution is -2.49. The SMILES string of the molecule is CCc1ccc(Nc2n[nH]nc2C(=O)N2CCN(c3cccc(C)c3C)CC2)cc1. The zero-order valence-electron chi connectivity index (χ0n) is 17.8. The van der Waals surface area contributed by atoms with Crippen LogP contribution in [0.1, 0.15) is 34.1 Å². The number of rotatable bonds is 5. The molecular weight excluding hydrogens is 376 g/mol. The molecule has 156 valence electrons. The number of hydrogen-bond donors (Lipinski definition) is 2. The van der Waals surface area contributed by atoms with Crippen molar-refractivity contribution in [3.8, 4) is 0 Å². The molecule has 0 aliphatic carbocycles. The molecule has 0 saturated carbocycles. The fourth-order valence-corrected chi connectivity index (χ4v) is 3.81. The molecule has 2 N–H and O–H groups in total. The summed E-state index contributed by atoms with van der Waals surface area (Å²) >= 11 is 0. The Morgan fingerprint density at radius 3 is 2.47 bits per heavy atom. The third-order valence-electron chi connectivity index (χ3n) is 5.86. The summed E-state index contributed by atoms with van der Waals surface area (Å²) in [6.45, 7) is 9.32. The van der Waals surface area contributed by atoms with Crippen molar-refractivity contribution in [1.29, 1.82) is 0 Å². The topological polar surface area (TPSA) is 77.1 Å². The lowest BCUT2D eigenvalue weighted by atomic mass is 10.1. The van der Waals surface area contributed by atoms with Gasteiger partial charge in [-0.25, -0.2) is 0 Å². The third-order valence-corrected chi connectivity index (χ3v) is 5.86. The number of hydrogen-bond acceptors (Lipinski definition) is 5. The smallest absolute Gasteiger partial charge is 0.278 e. The van der Waals surface area contributed by atoms with Gasteiger partial charge in [0.1, 0.15) is 0 Å². The Morgan fingerprint density at radius 2 is 1.77 bits per heavy atom. The molecule has 1 aliphatic rings. The largest absolute Gasteiger partial charge is 0.368 e. The van der Waals surface area contributed by atoms with Crippen LogP contribution in [0.15, 0.2) is 42.5 Å². The molecule has 0 unspecified atom stereocenters. The second-order valence-corrected chi connectivity index (χ2v) is 7.69. The Kier molecular flexibility index (Phi) is 5.70. The predicted molar refractivity (Wildman–Crippen MR) is 120 cm³/mol. The first-order valence-electron chi connectivity index (χ1n) is 10.4. The van der Waals surface area contributed by atoms with Crippen LogP contribution in [0.4, 0.5) is 17.2 Å². The average Bonchev–Trinajstić information content (AvgIpc) is 3.24. The van der Waals surface area contributed by atoms with Crippen molar-refractivity contribution < 1.29 is 4.79 Å². The summed E-state index contributed by atoms with van der Waals surface area (Å²) in [4.78, 5) is 17.3. The molecule has 1 aromatic heterocycles. The Hall–Kier alpha value is -3.35. The zero-order valence-corrected chi connectivity index (χ0v) is 17.8. The highest BCUT2D eigenvalue weighted by Gasteiger charge is 2.27. The van der Waals surface area contributed by atoms with Crippen molar-refractivity contribution >= 4 is 23.1 Å². The number of H-pyrrole nitrogens is 1. The van der Waals surface area contributed by atoms with E-state index in [-0.39, 0.29) is 5.91 Å². The fourth-order valence-electron chi connectivity index (χ4n) is 3.81. The fraction of sp³-hybridized carbons (Fsp3) is 0.348. The summed E-state index contributed by atoms with van der Waals surface area (Å²) < 4.78 is 0. The summed E-state index contributed by atoms with van der Waals surface area (Å²) in [7, 11) is 0. The van der Waals surface area contributed by atoms with Gasteiger partial charge in [-0.05, 0) is 55.2 Å². The van der Waals surface area contributed by atoms with E-state index >= 15 is 0 Å². The lowest BCUT2D eigenvalue weighted by molar-refractivity contribution is 0.0742. The van der Waals surface area contributed by atoms with E-state index in [4.69, 9.17) is 0 Å². The minimum atomic E-state index is -0.1000. The number of carbonyl (C=O) groups excluding carboxylic acids is 1. The van der Waals surface area contributed by atoms with Gasteiger partial charge in [-0.2, -0.15) is 5.21 Å². The number of amides is 1. The monoisotopic (exact) mass is 404 g/mol. The van der Waals surface area contributed by atoms with Gasteiger partial charge in [-0.3, -0.25) is 4.79 Å². The van der Waals surface area contributed by atoms with Gasteiger partial charge in [0, 0.05) is 37.6 Å². The van der Waals surface area contributed by atoms with E-state index < -0.39 is 0 Å². The lowest BCUT2D eigenvalue weighted by Gasteiger charge is -2.36. The molecular formula is C23H28N6O. The first kappa shape index (κ1) is 19.9. The van der Waals surface area contributed by atoms with Crippen LogP contribution >= 0.6 is 0 Å². The molecule has 1 saturated heterocycles. The highest BCUT2D eigenvalue weighted by Crippen LogP contribution is 2.25. The van der Waals surface area contributed by atoms with Gasteiger partial charge in [0.05, 0.1) is 0 Å². The number of nitrogens with zero attached hydrogens (tertiary/aromatic N) is 4. The molecule has 4 rings (SSSR count). The Labute approximate surface area is 177 Å². The average molecular weight is 405 g/mol. The third kappa shape index (κ3) is 4.01. The molecule has 0 spiro atoms. The van der Waals surface area contributed by atoms with Gasteiger partial charge in [0.15, 0.2) is 11.5 Å². The van der Waals surface area contributed by atoms with Crippen molar-refractivity contribution in [2.45, 2.75) is 27.2 Å². The van der Waals surface area contributed by atoms with E-state index in [2.05, 4.69) is 76.7 Å². The van der Waals surface area contributed by atoms with Crippen LogP contribution < -0.4 is 10.2 Å². The maximum Gasteiger partial charge on any atom is 0.278 e. The van der Waals surface area contributed by atoms with E-state index in [1.165, 1.54) is 22.4 Å². The molecule has 0 radical (unpaired) electrons. The molecule has 0 atom stereocenters. The molecule has 30 heavy (non-hydrogen) atoms. The van der Waals surface area contributed by atoms with Gasteiger partial charge in [0.25, 0.3) is 5.91 Å². The van der Waals surface area contributed by atoms with Crippen molar-refractivity contribution in [2.24, 2.45) is 0 Å². The van der Waals surface area contributed by atoms with Crippen molar-refractivity contribution in [1.82, 2.24) is 20.3 Å². The molecule has 2 aromatic carbocycles. The van der Waals surface area contributed by atoms with Gasteiger partial charge in [0.2, 0.25) is 0 Å². The summed E-state index contributed by atoms with van der Waals surface area (Å²) in [5, 5.41) is 14.1. The van der Waals surface area contributed by atoms with Crippen LogP contribution in [0.25, 0.3) is 0 Å². The number of piperazine rings is 1.